The second-order valence-electron chi connectivity index (χ2n) is 8.99. The molecule has 0 aliphatic rings. The number of para-hydroxylation sites is 2. The molecule has 0 N–H and O–H groups in total. The Labute approximate surface area is 246 Å². The van der Waals surface area contributed by atoms with Crippen molar-refractivity contribution in [1.29, 1.82) is 0 Å². The van der Waals surface area contributed by atoms with E-state index in [1.54, 1.807) is 12.4 Å². The molecular formula is C34H22N4OPt. The van der Waals surface area contributed by atoms with Gasteiger partial charge in [0.25, 0.3) is 0 Å². The van der Waals surface area contributed by atoms with Gasteiger partial charge in [0.2, 0.25) is 5.88 Å². The van der Waals surface area contributed by atoms with E-state index >= 15 is 0 Å². The molecule has 0 bridgehead atoms. The maximum atomic E-state index is 6.06. The molecule has 40 heavy (non-hydrogen) atoms. The summed E-state index contributed by atoms with van der Waals surface area (Å²) in [6.45, 7) is 0. The molecule has 0 radical (unpaired) electrons. The maximum absolute atomic E-state index is 6.06. The van der Waals surface area contributed by atoms with Crippen molar-refractivity contribution in [3.8, 4) is 17.3 Å². The van der Waals surface area contributed by atoms with Crippen LogP contribution in [0.1, 0.15) is 0 Å². The van der Waals surface area contributed by atoms with Gasteiger partial charge in [-0.05, 0) is 48.2 Å². The van der Waals surface area contributed by atoms with Gasteiger partial charge in [0.15, 0.2) is 0 Å². The maximum Gasteiger partial charge on any atom is 2.00 e. The van der Waals surface area contributed by atoms with Crippen LogP contribution in [-0.4, -0.2) is 14.5 Å². The molecular weight excluding hydrogens is 675 g/mol. The fourth-order valence-electron chi connectivity index (χ4n) is 4.85. The number of anilines is 3. The van der Waals surface area contributed by atoms with Crippen molar-refractivity contribution in [2.24, 2.45) is 0 Å². The third-order valence-corrected chi connectivity index (χ3v) is 6.54. The molecule has 0 unspecified atom stereocenters. The van der Waals surface area contributed by atoms with Crippen molar-refractivity contribution in [2.75, 3.05) is 4.90 Å². The van der Waals surface area contributed by atoms with Gasteiger partial charge in [-0.25, -0.2) is 9.97 Å². The van der Waals surface area contributed by atoms with Gasteiger partial charge in [-0.3, -0.25) is 0 Å². The smallest absolute Gasteiger partial charge is 0.460 e. The summed E-state index contributed by atoms with van der Waals surface area (Å²) in [6.07, 6.45) is 3.52. The van der Waals surface area contributed by atoms with Crippen molar-refractivity contribution in [3.63, 3.8) is 0 Å². The number of aromatic nitrogens is 3. The molecule has 0 aliphatic carbocycles. The Morgan fingerprint density at radius 2 is 1.25 bits per heavy atom. The number of hydrogen-bond donors (Lipinski definition) is 0. The van der Waals surface area contributed by atoms with E-state index < -0.39 is 0 Å². The first-order chi connectivity index (χ1) is 19.3. The zero-order valence-electron chi connectivity index (χ0n) is 21.2. The molecule has 0 saturated carbocycles. The predicted molar refractivity (Wildman–Crippen MR) is 155 cm³/mol. The fraction of sp³-hybridized carbons (Fsp3) is 0. The van der Waals surface area contributed by atoms with Crippen LogP contribution < -0.4 is 9.64 Å². The van der Waals surface area contributed by atoms with Crippen molar-refractivity contribution in [2.45, 2.75) is 0 Å². The number of nitrogens with zero attached hydrogens (tertiary/aromatic N) is 4. The van der Waals surface area contributed by atoms with Gasteiger partial charge >= 0.3 is 21.1 Å². The van der Waals surface area contributed by atoms with Crippen LogP contribution >= 0.6 is 0 Å². The molecule has 3 heterocycles. The number of pyridine rings is 2. The topological polar surface area (TPSA) is 43.2 Å². The Kier molecular flexibility index (Phi) is 7.13. The Morgan fingerprint density at radius 1 is 0.600 bits per heavy atom. The standard InChI is InChI=1S/C34H22N4O.Pt/c1-3-11-25(12-4-1)37(33-15-7-9-21-35-33)27-17-19-31-29(23-27)30-24-28(39-34-16-8-10-22-36-34)18-20-32(30)38(31)26-13-5-2-6-14-26;/h1-22H;/q-2;+2. The largest absolute Gasteiger partial charge is 2.00 e. The zero-order valence-corrected chi connectivity index (χ0v) is 23.5. The van der Waals surface area contributed by atoms with E-state index in [9.17, 15) is 0 Å². The van der Waals surface area contributed by atoms with E-state index in [0.29, 0.717) is 11.6 Å². The third-order valence-electron chi connectivity index (χ3n) is 6.54. The number of rotatable bonds is 6. The SMILES string of the molecule is [Pt+2].[c-]1c(Oc2ccccn2)ccc2c1c1[c-]c(N(c3ccccc3)c3ccccn3)ccc1n2-c1ccccc1. The van der Waals surface area contributed by atoms with Crippen LogP contribution in [0.25, 0.3) is 27.5 Å². The van der Waals surface area contributed by atoms with Crippen molar-refractivity contribution in [1.82, 2.24) is 14.5 Å². The molecule has 3 aromatic heterocycles. The van der Waals surface area contributed by atoms with Crippen LogP contribution in [0.5, 0.6) is 11.6 Å². The number of hydrogen-bond acceptors (Lipinski definition) is 4. The zero-order chi connectivity index (χ0) is 26.0. The summed E-state index contributed by atoms with van der Waals surface area (Å²) >= 11 is 0. The molecule has 4 aromatic carbocycles. The van der Waals surface area contributed by atoms with Crippen molar-refractivity contribution >= 4 is 39.0 Å². The molecule has 0 amide bonds. The number of ether oxygens (including phenoxy) is 1. The van der Waals surface area contributed by atoms with E-state index in [4.69, 9.17) is 4.74 Å². The van der Waals surface area contributed by atoms with E-state index in [2.05, 4.69) is 74.0 Å². The first kappa shape index (κ1) is 25.5. The summed E-state index contributed by atoms with van der Waals surface area (Å²) in [6, 6.07) is 47.5. The van der Waals surface area contributed by atoms with E-state index in [0.717, 1.165) is 44.7 Å². The molecule has 6 heteroatoms. The summed E-state index contributed by atoms with van der Waals surface area (Å²) in [5, 5.41) is 1.85. The quantitative estimate of drug-likeness (QED) is 0.164. The number of benzene rings is 4. The summed E-state index contributed by atoms with van der Waals surface area (Å²) in [4.78, 5) is 11.1. The van der Waals surface area contributed by atoms with Crippen LogP contribution in [0.3, 0.4) is 0 Å². The molecule has 0 fully saturated rings. The predicted octanol–water partition coefficient (Wildman–Crippen LogP) is 8.43. The number of fused-ring (bicyclic) bond motifs is 3. The van der Waals surface area contributed by atoms with Crippen molar-refractivity contribution < 1.29 is 25.8 Å². The summed E-state index contributed by atoms with van der Waals surface area (Å²) < 4.78 is 8.29. The molecule has 0 saturated heterocycles. The molecule has 0 spiro atoms. The minimum Gasteiger partial charge on any atom is -0.460 e. The Morgan fingerprint density at radius 3 is 1.95 bits per heavy atom. The van der Waals surface area contributed by atoms with Crippen LogP contribution in [-0.2, 0) is 21.1 Å². The van der Waals surface area contributed by atoms with Crippen LogP contribution in [0.15, 0.2) is 134 Å². The van der Waals surface area contributed by atoms with Gasteiger partial charge in [0.05, 0.1) is 0 Å². The Balaban J connectivity index is 0.00000289. The normalized spacial score (nSPS) is 10.8. The average Bonchev–Trinajstić information content (AvgIpc) is 3.32. The monoisotopic (exact) mass is 697 g/mol. The van der Waals surface area contributed by atoms with E-state index in [1.807, 2.05) is 78.9 Å². The second kappa shape index (κ2) is 11.2. The molecule has 0 atom stereocenters. The van der Waals surface area contributed by atoms with Gasteiger partial charge in [-0.2, -0.15) is 16.8 Å². The van der Waals surface area contributed by atoms with Gasteiger partial charge < -0.3 is 14.2 Å². The fourth-order valence-corrected chi connectivity index (χ4v) is 4.85. The molecule has 0 aliphatic heterocycles. The van der Waals surface area contributed by atoms with E-state index in [-0.39, 0.29) is 21.1 Å². The Bertz CT molecular complexity index is 1840. The molecule has 5 nitrogen and oxygen atoms in total. The average molecular weight is 698 g/mol. The molecule has 194 valence electrons. The summed E-state index contributed by atoms with van der Waals surface area (Å²) in [5.74, 6) is 1.93. The van der Waals surface area contributed by atoms with Crippen molar-refractivity contribution in [3.05, 3.63) is 146 Å². The first-order valence-electron chi connectivity index (χ1n) is 12.7. The summed E-state index contributed by atoms with van der Waals surface area (Å²) in [5.41, 5.74) is 4.99. The molecule has 7 rings (SSSR count). The van der Waals surface area contributed by atoms with Crippen LogP contribution in [0, 0.1) is 12.1 Å². The minimum atomic E-state index is 0. The van der Waals surface area contributed by atoms with E-state index in [1.165, 1.54) is 0 Å². The molecule has 7 aromatic rings. The van der Waals surface area contributed by atoms with Gasteiger partial charge in [-0.1, -0.05) is 59.6 Å². The first-order valence-corrected chi connectivity index (χ1v) is 12.7. The summed E-state index contributed by atoms with van der Waals surface area (Å²) in [7, 11) is 0. The van der Waals surface area contributed by atoms with Crippen LogP contribution in [0.2, 0.25) is 0 Å². The van der Waals surface area contributed by atoms with Gasteiger partial charge in [0, 0.05) is 35.6 Å². The van der Waals surface area contributed by atoms with Crippen LogP contribution in [0.4, 0.5) is 17.2 Å². The third kappa shape index (κ3) is 4.76. The minimum absolute atomic E-state index is 0. The van der Waals surface area contributed by atoms with Gasteiger partial charge in [0.1, 0.15) is 5.82 Å². The second-order valence-corrected chi connectivity index (χ2v) is 8.99. The Hall–Kier alpha value is -4.73. The van der Waals surface area contributed by atoms with Gasteiger partial charge in [-0.15, -0.1) is 30.3 Å².